The van der Waals surface area contributed by atoms with Crippen molar-refractivity contribution in [3.05, 3.63) is 35.9 Å². The molecule has 4 N–H and O–H groups in total. The van der Waals surface area contributed by atoms with E-state index in [-0.39, 0.29) is 37.4 Å². The number of Topliss-reactive ketones (excluding diaryl/α,β-unsaturated/α-hetero) is 1. The summed E-state index contributed by atoms with van der Waals surface area (Å²) in [7, 11) is 3.10. The molecule has 0 spiro atoms. The molecule has 0 bridgehead atoms. The number of alkyl carbamates (subject to hydrolysis) is 1. The Bertz CT molecular complexity index is 1280. The SMILES string of the molecule is CC(C)CC(NC(=O)[C@@H]1CC(C)(C)CN1C(=O)CNC(=O)OC(C)C)C(=O)C(=O)NCC(=O)NC(C(=O)N(C)C)c1ccccc1. The van der Waals surface area contributed by atoms with Crippen molar-refractivity contribution in [3.63, 3.8) is 0 Å². The highest BCUT2D eigenvalue weighted by atomic mass is 16.6. The van der Waals surface area contributed by atoms with Gasteiger partial charge in [-0.05, 0) is 43.6 Å². The topological polar surface area (TPSA) is 183 Å². The second-order valence-electron chi connectivity index (χ2n) is 13.1. The minimum Gasteiger partial charge on any atom is -0.447 e. The van der Waals surface area contributed by atoms with Gasteiger partial charge in [0, 0.05) is 20.6 Å². The highest BCUT2D eigenvalue weighted by molar-refractivity contribution is 6.38. The van der Waals surface area contributed by atoms with Crippen molar-refractivity contribution >= 4 is 41.4 Å². The zero-order valence-corrected chi connectivity index (χ0v) is 28.0. The molecule has 2 unspecified atom stereocenters. The van der Waals surface area contributed by atoms with Crippen LogP contribution in [0.1, 0.15) is 66.0 Å². The van der Waals surface area contributed by atoms with Gasteiger partial charge in [-0.2, -0.15) is 0 Å². The Hall–Kier alpha value is -4.49. The lowest BCUT2D eigenvalue weighted by Gasteiger charge is -2.27. The maximum atomic E-state index is 13.5. The second kappa shape index (κ2) is 16.7. The van der Waals surface area contributed by atoms with Crippen molar-refractivity contribution in [3.8, 4) is 0 Å². The zero-order chi connectivity index (χ0) is 34.8. The Balaban J connectivity index is 2.08. The Morgan fingerprint density at radius 3 is 2.13 bits per heavy atom. The summed E-state index contributed by atoms with van der Waals surface area (Å²) in [5.74, 6) is -4.30. The molecule has 1 fully saturated rings. The van der Waals surface area contributed by atoms with E-state index in [0.717, 1.165) is 0 Å². The summed E-state index contributed by atoms with van der Waals surface area (Å²) in [5.41, 5.74) is 0.120. The number of nitrogens with one attached hydrogen (secondary N) is 4. The molecule has 1 aliphatic rings. The fourth-order valence-corrected chi connectivity index (χ4v) is 5.05. The summed E-state index contributed by atoms with van der Waals surface area (Å²) in [6, 6.07) is 5.44. The van der Waals surface area contributed by atoms with Crippen LogP contribution in [0.2, 0.25) is 0 Å². The largest absolute Gasteiger partial charge is 0.447 e. The molecular weight excluding hydrogens is 596 g/mol. The third kappa shape index (κ3) is 11.5. The summed E-state index contributed by atoms with van der Waals surface area (Å²) in [6.45, 7) is 10.0. The second-order valence-corrected chi connectivity index (χ2v) is 13.1. The summed E-state index contributed by atoms with van der Waals surface area (Å²) in [6.07, 6.45) is -0.709. The standard InChI is InChI=1S/C32H48N6O8/c1-19(2)14-22(35-28(42)23-15-32(5,6)18-38(23)25(40)17-34-31(45)46-20(3)4)27(41)29(43)33-16-24(39)36-26(30(44)37(7)8)21-12-10-9-11-13-21/h9-13,19-20,22-23,26H,14-18H2,1-8H3,(H,33,43)(H,34,45)(H,35,42)(H,36,39)/t22?,23-,26?/m0/s1. The number of benzene rings is 1. The quantitative estimate of drug-likeness (QED) is 0.216. The van der Waals surface area contributed by atoms with Crippen molar-refractivity contribution in [2.24, 2.45) is 11.3 Å². The maximum absolute atomic E-state index is 13.5. The van der Waals surface area contributed by atoms with Gasteiger partial charge < -0.3 is 35.8 Å². The van der Waals surface area contributed by atoms with E-state index in [0.29, 0.717) is 12.0 Å². The predicted molar refractivity (Wildman–Crippen MR) is 169 cm³/mol. The Kier molecular flexibility index (Phi) is 13.7. The lowest BCUT2D eigenvalue weighted by molar-refractivity contribution is -0.142. The third-order valence-corrected chi connectivity index (χ3v) is 7.17. The molecule has 1 aliphatic heterocycles. The zero-order valence-electron chi connectivity index (χ0n) is 28.0. The number of rotatable bonds is 14. The van der Waals surface area contributed by atoms with E-state index in [1.165, 1.54) is 9.80 Å². The molecule has 1 aromatic carbocycles. The van der Waals surface area contributed by atoms with E-state index in [4.69, 9.17) is 4.74 Å². The summed E-state index contributed by atoms with van der Waals surface area (Å²) in [5, 5.41) is 9.92. The van der Waals surface area contributed by atoms with Crippen LogP contribution in [0.3, 0.4) is 0 Å². The van der Waals surface area contributed by atoms with Gasteiger partial charge in [0.05, 0.1) is 18.7 Å². The van der Waals surface area contributed by atoms with Crippen LogP contribution in [0.25, 0.3) is 0 Å². The number of ether oxygens (including phenoxy) is 1. The average molecular weight is 645 g/mol. The lowest BCUT2D eigenvalue weighted by Crippen LogP contribution is -2.55. The molecule has 0 radical (unpaired) electrons. The normalized spacial score (nSPS) is 16.7. The number of amides is 6. The molecule has 2 rings (SSSR count). The number of hydrogen-bond donors (Lipinski definition) is 4. The minimum atomic E-state index is -1.22. The lowest BCUT2D eigenvalue weighted by atomic mass is 9.90. The fourth-order valence-electron chi connectivity index (χ4n) is 5.05. The van der Waals surface area contributed by atoms with Crippen molar-refractivity contribution in [2.45, 2.75) is 78.6 Å². The Morgan fingerprint density at radius 1 is 0.935 bits per heavy atom. The molecule has 0 aromatic heterocycles. The maximum Gasteiger partial charge on any atom is 0.407 e. The number of carbonyl (C=O) groups excluding carboxylic acids is 7. The first-order valence-electron chi connectivity index (χ1n) is 15.3. The van der Waals surface area contributed by atoms with Gasteiger partial charge >= 0.3 is 6.09 Å². The van der Waals surface area contributed by atoms with Crippen LogP contribution in [-0.2, 0) is 33.5 Å². The van der Waals surface area contributed by atoms with Gasteiger partial charge in [-0.3, -0.25) is 28.8 Å². The number of hydrogen-bond acceptors (Lipinski definition) is 8. The molecule has 46 heavy (non-hydrogen) atoms. The van der Waals surface area contributed by atoms with Gasteiger partial charge in [0.15, 0.2) is 0 Å². The van der Waals surface area contributed by atoms with Crippen LogP contribution in [0.15, 0.2) is 30.3 Å². The van der Waals surface area contributed by atoms with Gasteiger partial charge in [0.25, 0.3) is 5.91 Å². The monoisotopic (exact) mass is 644 g/mol. The van der Waals surface area contributed by atoms with Crippen molar-refractivity contribution < 1.29 is 38.3 Å². The van der Waals surface area contributed by atoms with E-state index in [1.807, 2.05) is 27.7 Å². The minimum absolute atomic E-state index is 0.0945. The van der Waals surface area contributed by atoms with Crippen molar-refractivity contribution in [1.82, 2.24) is 31.1 Å². The Morgan fingerprint density at radius 2 is 1.57 bits per heavy atom. The van der Waals surface area contributed by atoms with Crippen LogP contribution < -0.4 is 21.3 Å². The summed E-state index contributed by atoms with van der Waals surface area (Å²) in [4.78, 5) is 92.6. The van der Waals surface area contributed by atoms with Gasteiger partial charge in [0.2, 0.25) is 29.4 Å². The first-order chi connectivity index (χ1) is 21.4. The fraction of sp³-hybridized carbons (Fsp3) is 0.594. The van der Waals surface area contributed by atoms with E-state index < -0.39 is 65.6 Å². The summed E-state index contributed by atoms with van der Waals surface area (Å²) < 4.78 is 4.99. The molecule has 0 saturated carbocycles. The van der Waals surface area contributed by atoms with Gasteiger partial charge in [-0.25, -0.2) is 4.79 Å². The number of ketones is 1. The van der Waals surface area contributed by atoms with Crippen molar-refractivity contribution in [2.75, 3.05) is 33.7 Å². The Labute approximate surface area is 270 Å². The van der Waals surface area contributed by atoms with E-state index in [2.05, 4.69) is 21.3 Å². The van der Waals surface area contributed by atoms with Crippen LogP contribution in [0, 0.1) is 11.3 Å². The highest BCUT2D eigenvalue weighted by Gasteiger charge is 2.44. The highest BCUT2D eigenvalue weighted by Crippen LogP contribution is 2.34. The summed E-state index contributed by atoms with van der Waals surface area (Å²) >= 11 is 0. The van der Waals surface area contributed by atoms with Crippen LogP contribution in [-0.4, -0.2) is 103 Å². The molecule has 14 heteroatoms. The van der Waals surface area contributed by atoms with Gasteiger partial charge in [-0.15, -0.1) is 0 Å². The van der Waals surface area contributed by atoms with Crippen LogP contribution in [0.4, 0.5) is 4.79 Å². The predicted octanol–water partition coefficient (Wildman–Crippen LogP) is 0.910. The number of likely N-dealkylation sites (tertiary alicyclic amines) is 1. The number of carbonyl (C=O) groups is 7. The molecular formula is C32H48N6O8. The smallest absolute Gasteiger partial charge is 0.407 e. The van der Waals surface area contributed by atoms with Gasteiger partial charge in [-0.1, -0.05) is 58.0 Å². The van der Waals surface area contributed by atoms with E-state index in [1.54, 1.807) is 58.3 Å². The molecule has 14 nitrogen and oxygen atoms in total. The van der Waals surface area contributed by atoms with Crippen molar-refractivity contribution in [1.29, 1.82) is 0 Å². The third-order valence-electron chi connectivity index (χ3n) is 7.17. The molecule has 1 heterocycles. The molecule has 0 aliphatic carbocycles. The van der Waals surface area contributed by atoms with Gasteiger partial charge in [0.1, 0.15) is 18.6 Å². The molecule has 6 amide bonds. The van der Waals surface area contributed by atoms with E-state index in [9.17, 15) is 33.6 Å². The molecule has 254 valence electrons. The van der Waals surface area contributed by atoms with Crippen LogP contribution in [0.5, 0.6) is 0 Å². The first kappa shape index (κ1) is 37.7. The van der Waals surface area contributed by atoms with Crippen LogP contribution >= 0.6 is 0 Å². The molecule has 1 aromatic rings. The average Bonchev–Trinajstić information content (AvgIpc) is 3.31. The molecule has 3 atom stereocenters. The number of likely N-dealkylation sites (N-methyl/N-ethyl adjacent to an activating group) is 1. The number of nitrogens with zero attached hydrogens (tertiary/aromatic N) is 2. The van der Waals surface area contributed by atoms with E-state index >= 15 is 0 Å². The first-order valence-corrected chi connectivity index (χ1v) is 15.3. The molecule has 1 saturated heterocycles.